The minimum Gasteiger partial charge on any atom is -0.344 e. The number of nitrogens with one attached hydrogen (secondary N) is 1. The highest BCUT2D eigenvalue weighted by Gasteiger charge is 2.18. The van der Waals surface area contributed by atoms with Crippen LogP contribution >= 0.6 is 12.2 Å². The van der Waals surface area contributed by atoms with Gasteiger partial charge in [0.05, 0.1) is 0 Å². The Balaban J connectivity index is 1.75. The van der Waals surface area contributed by atoms with E-state index in [0.717, 1.165) is 30.3 Å². The first-order chi connectivity index (χ1) is 10.5. The molecular formula is C19H22N2S. The Morgan fingerprint density at radius 2 is 1.68 bits per heavy atom. The average molecular weight is 310 g/mol. The van der Waals surface area contributed by atoms with Crippen molar-refractivity contribution in [3.63, 3.8) is 0 Å². The van der Waals surface area contributed by atoms with Crippen LogP contribution in [-0.4, -0.2) is 16.6 Å². The smallest absolute Gasteiger partial charge is 0.173 e. The zero-order chi connectivity index (χ0) is 15.7. The van der Waals surface area contributed by atoms with E-state index in [-0.39, 0.29) is 0 Å². The summed E-state index contributed by atoms with van der Waals surface area (Å²) in [7, 11) is 0. The number of rotatable bonds is 1. The highest BCUT2D eigenvalue weighted by atomic mass is 32.1. The van der Waals surface area contributed by atoms with Crippen molar-refractivity contribution in [3.8, 4) is 0 Å². The summed E-state index contributed by atoms with van der Waals surface area (Å²) in [6.45, 7) is 8.29. The summed E-state index contributed by atoms with van der Waals surface area (Å²) >= 11 is 5.64. The van der Waals surface area contributed by atoms with Gasteiger partial charge in [-0.05, 0) is 73.3 Å². The predicted octanol–water partition coefficient (Wildman–Crippen LogP) is 4.37. The fourth-order valence-electron chi connectivity index (χ4n) is 2.96. The second-order valence-electron chi connectivity index (χ2n) is 6.12. The number of hydrogen-bond donors (Lipinski definition) is 1. The van der Waals surface area contributed by atoms with Gasteiger partial charge in [0.2, 0.25) is 0 Å². The lowest BCUT2D eigenvalue weighted by atomic mass is 10.0. The summed E-state index contributed by atoms with van der Waals surface area (Å²) in [5.41, 5.74) is 7.80. The first-order valence-electron chi connectivity index (χ1n) is 7.75. The summed E-state index contributed by atoms with van der Waals surface area (Å²) in [5, 5.41) is 4.26. The maximum atomic E-state index is 5.64. The summed E-state index contributed by atoms with van der Waals surface area (Å²) in [6.07, 6.45) is 1.06. The van der Waals surface area contributed by atoms with Crippen molar-refractivity contribution in [1.82, 2.24) is 4.90 Å². The van der Waals surface area contributed by atoms with E-state index in [0.29, 0.717) is 0 Å². The maximum Gasteiger partial charge on any atom is 0.173 e. The van der Waals surface area contributed by atoms with E-state index in [4.69, 9.17) is 12.2 Å². The fourth-order valence-corrected chi connectivity index (χ4v) is 3.22. The van der Waals surface area contributed by atoms with Gasteiger partial charge >= 0.3 is 0 Å². The molecule has 2 aromatic rings. The van der Waals surface area contributed by atoms with Crippen molar-refractivity contribution in [1.29, 1.82) is 0 Å². The molecule has 0 unspecified atom stereocenters. The lowest BCUT2D eigenvalue weighted by Gasteiger charge is -2.31. The SMILES string of the molecule is Cc1cc(C)c(NC(=S)N2CCc3ccccc3C2)cc1C. The zero-order valence-electron chi connectivity index (χ0n) is 13.4. The number of nitrogens with zero attached hydrogens (tertiary/aromatic N) is 1. The van der Waals surface area contributed by atoms with E-state index in [1.807, 2.05) is 0 Å². The lowest BCUT2D eigenvalue weighted by molar-refractivity contribution is 0.399. The zero-order valence-corrected chi connectivity index (χ0v) is 14.3. The Morgan fingerprint density at radius 3 is 2.45 bits per heavy atom. The van der Waals surface area contributed by atoms with E-state index in [1.54, 1.807) is 0 Å². The van der Waals surface area contributed by atoms with Gasteiger partial charge in [-0.2, -0.15) is 0 Å². The first-order valence-corrected chi connectivity index (χ1v) is 8.16. The van der Waals surface area contributed by atoms with Crippen molar-refractivity contribution in [2.75, 3.05) is 11.9 Å². The molecule has 0 saturated carbocycles. The Bertz CT molecular complexity index is 721. The topological polar surface area (TPSA) is 15.3 Å². The molecule has 3 heteroatoms. The second kappa shape index (κ2) is 6.09. The molecule has 22 heavy (non-hydrogen) atoms. The van der Waals surface area contributed by atoms with Gasteiger partial charge in [-0.3, -0.25) is 0 Å². The van der Waals surface area contributed by atoms with Crippen LogP contribution in [0.5, 0.6) is 0 Å². The van der Waals surface area contributed by atoms with Gasteiger partial charge in [0.1, 0.15) is 0 Å². The minimum absolute atomic E-state index is 0.820. The van der Waals surface area contributed by atoms with E-state index in [2.05, 4.69) is 67.4 Å². The van der Waals surface area contributed by atoms with Crippen LogP contribution in [-0.2, 0) is 13.0 Å². The molecular weight excluding hydrogens is 288 g/mol. The van der Waals surface area contributed by atoms with Crippen LogP contribution in [0.25, 0.3) is 0 Å². The minimum atomic E-state index is 0.820. The number of benzene rings is 2. The van der Waals surface area contributed by atoms with Crippen molar-refractivity contribution < 1.29 is 0 Å². The van der Waals surface area contributed by atoms with E-state index >= 15 is 0 Å². The molecule has 1 N–H and O–H groups in total. The molecule has 0 radical (unpaired) electrons. The van der Waals surface area contributed by atoms with E-state index in [1.165, 1.54) is 27.8 Å². The van der Waals surface area contributed by atoms with Gasteiger partial charge in [-0.25, -0.2) is 0 Å². The van der Waals surface area contributed by atoms with Gasteiger partial charge in [-0.1, -0.05) is 30.3 Å². The Morgan fingerprint density at radius 1 is 1.00 bits per heavy atom. The summed E-state index contributed by atoms with van der Waals surface area (Å²) in [6, 6.07) is 13.0. The van der Waals surface area contributed by atoms with Gasteiger partial charge in [0.15, 0.2) is 5.11 Å². The number of anilines is 1. The Labute approximate surface area is 138 Å². The van der Waals surface area contributed by atoms with E-state index < -0.39 is 0 Å². The van der Waals surface area contributed by atoms with Crippen LogP contribution in [0.1, 0.15) is 27.8 Å². The predicted molar refractivity (Wildman–Crippen MR) is 97.4 cm³/mol. The maximum absolute atomic E-state index is 5.64. The van der Waals surface area contributed by atoms with Gasteiger partial charge in [0.25, 0.3) is 0 Å². The summed E-state index contributed by atoms with van der Waals surface area (Å²) in [4.78, 5) is 2.26. The van der Waals surface area contributed by atoms with Crippen LogP contribution in [0, 0.1) is 20.8 Å². The monoisotopic (exact) mass is 310 g/mol. The third-order valence-electron chi connectivity index (χ3n) is 4.50. The van der Waals surface area contributed by atoms with Gasteiger partial charge in [0, 0.05) is 18.8 Å². The number of hydrogen-bond acceptors (Lipinski definition) is 1. The van der Waals surface area contributed by atoms with Crippen LogP contribution in [0.3, 0.4) is 0 Å². The highest BCUT2D eigenvalue weighted by Crippen LogP contribution is 2.23. The molecule has 1 aliphatic rings. The van der Waals surface area contributed by atoms with Gasteiger partial charge < -0.3 is 10.2 Å². The molecule has 2 nitrogen and oxygen atoms in total. The first kappa shape index (κ1) is 15.0. The molecule has 0 fully saturated rings. The van der Waals surface area contributed by atoms with Crippen molar-refractivity contribution in [2.24, 2.45) is 0 Å². The third kappa shape index (κ3) is 3.00. The molecule has 0 bridgehead atoms. The van der Waals surface area contributed by atoms with Crippen LogP contribution in [0.4, 0.5) is 5.69 Å². The van der Waals surface area contributed by atoms with Crippen LogP contribution in [0.2, 0.25) is 0 Å². The quantitative estimate of drug-likeness (QED) is 0.788. The molecule has 1 aliphatic heterocycles. The van der Waals surface area contributed by atoms with Crippen molar-refractivity contribution in [2.45, 2.75) is 33.7 Å². The molecule has 2 aromatic carbocycles. The molecule has 0 atom stereocenters. The number of fused-ring (bicyclic) bond motifs is 1. The molecule has 1 heterocycles. The Kier molecular flexibility index (Phi) is 4.16. The Hall–Kier alpha value is -1.87. The molecule has 0 aromatic heterocycles. The van der Waals surface area contributed by atoms with Crippen molar-refractivity contribution in [3.05, 3.63) is 64.2 Å². The molecule has 0 spiro atoms. The second-order valence-corrected chi connectivity index (χ2v) is 6.51. The number of thiocarbonyl (C=S) groups is 1. The lowest BCUT2D eigenvalue weighted by Crippen LogP contribution is -2.38. The molecule has 0 aliphatic carbocycles. The van der Waals surface area contributed by atoms with Gasteiger partial charge in [-0.15, -0.1) is 0 Å². The normalized spacial score (nSPS) is 13.7. The molecule has 0 saturated heterocycles. The van der Waals surface area contributed by atoms with Crippen LogP contribution in [0.15, 0.2) is 36.4 Å². The standard InChI is InChI=1S/C19H22N2S/c1-13-10-15(3)18(11-14(13)2)20-19(22)21-9-8-16-6-4-5-7-17(16)12-21/h4-7,10-11H,8-9,12H2,1-3H3,(H,20,22). The third-order valence-corrected chi connectivity index (χ3v) is 4.86. The van der Waals surface area contributed by atoms with Crippen molar-refractivity contribution >= 4 is 23.0 Å². The molecule has 3 rings (SSSR count). The highest BCUT2D eigenvalue weighted by molar-refractivity contribution is 7.80. The van der Waals surface area contributed by atoms with E-state index in [9.17, 15) is 0 Å². The summed E-state index contributed by atoms with van der Waals surface area (Å²) in [5.74, 6) is 0. The molecule has 0 amide bonds. The molecule has 114 valence electrons. The number of aryl methyl sites for hydroxylation is 3. The summed E-state index contributed by atoms with van der Waals surface area (Å²) < 4.78 is 0. The average Bonchev–Trinajstić information content (AvgIpc) is 2.52. The fraction of sp³-hybridized carbons (Fsp3) is 0.316. The van der Waals surface area contributed by atoms with Crippen LogP contribution < -0.4 is 5.32 Å². The largest absolute Gasteiger partial charge is 0.344 e.